The summed E-state index contributed by atoms with van der Waals surface area (Å²) in [6.45, 7) is 2.67. The zero-order valence-corrected chi connectivity index (χ0v) is 18.0. The van der Waals surface area contributed by atoms with Crippen molar-refractivity contribution in [1.29, 1.82) is 0 Å². The number of hydrogen-bond donors (Lipinski definition) is 2. The van der Waals surface area contributed by atoms with Gasteiger partial charge in [0.15, 0.2) is 9.84 Å². The van der Waals surface area contributed by atoms with Crippen molar-refractivity contribution in [1.82, 2.24) is 10.6 Å². The minimum atomic E-state index is -3.44. The van der Waals surface area contributed by atoms with Crippen molar-refractivity contribution in [3.05, 3.63) is 101 Å². The van der Waals surface area contributed by atoms with Gasteiger partial charge >= 0.3 is 0 Å². The molecule has 6 nitrogen and oxygen atoms in total. The first-order valence-corrected chi connectivity index (χ1v) is 11.6. The minimum Gasteiger partial charge on any atom is -0.352 e. The van der Waals surface area contributed by atoms with Gasteiger partial charge in [0, 0.05) is 24.2 Å². The Hall–Kier alpha value is -3.45. The van der Waals surface area contributed by atoms with Gasteiger partial charge in [-0.1, -0.05) is 42.5 Å². The smallest absolute Gasteiger partial charge is 0.251 e. The van der Waals surface area contributed by atoms with Crippen LogP contribution in [0.25, 0.3) is 0 Å². The third-order valence-corrected chi connectivity index (χ3v) is 6.36. The molecule has 0 heterocycles. The van der Waals surface area contributed by atoms with Gasteiger partial charge in [-0.05, 0) is 54.4 Å². The van der Waals surface area contributed by atoms with Crippen molar-refractivity contribution in [2.24, 2.45) is 0 Å². The fourth-order valence-electron chi connectivity index (χ4n) is 3.05. The summed E-state index contributed by atoms with van der Waals surface area (Å²) in [5, 5.41) is 5.56. The second kappa shape index (κ2) is 10.0. The summed E-state index contributed by atoms with van der Waals surface area (Å²) in [5.41, 5.74) is 2.39. The molecule has 3 aromatic carbocycles. The Bertz CT molecular complexity index is 1160. The summed E-state index contributed by atoms with van der Waals surface area (Å²) in [4.78, 5) is 24.7. The van der Waals surface area contributed by atoms with Crippen LogP contribution in [0.1, 0.15) is 38.8 Å². The van der Waals surface area contributed by atoms with Crippen LogP contribution in [0, 0.1) is 0 Å². The summed E-state index contributed by atoms with van der Waals surface area (Å²) in [7, 11) is -3.44. The quantitative estimate of drug-likeness (QED) is 0.566. The molecule has 2 N–H and O–H groups in total. The first kappa shape index (κ1) is 22.2. The third-order valence-electron chi connectivity index (χ3n) is 4.65. The van der Waals surface area contributed by atoms with Crippen LogP contribution < -0.4 is 10.6 Å². The van der Waals surface area contributed by atoms with E-state index in [0.29, 0.717) is 23.2 Å². The molecule has 0 unspecified atom stereocenters. The summed E-state index contributed by atoms with van der Waals surface area (Å²) in [6, 6.07) is 21.8. The molecule has 0 spiro atoms. The van der Waals surface area contributed by atoms with Gasteiger partial charge in [-0.15, -0.1) is 0 Å². The number of sulfone groups is 1. The third kappa shape index (κ3) is 6.02. The summed E-state index contributed by atoms with van der Waals surface area (Å²) >= 11 is 0. The number of carbonyl (C=O) groups excluding carboxylic acids is 2. The van der Waals surface area contributed by atoms with Crippen LogP contribution in [0.2, 0.25) is 0 Å². The highest BCUT2D eigenvalue weighted by atomic mass is 32.2. The SMILES string of the molecule is CCNC(=O)c1cccc(CNC(=O)c2ccc(CS(=O)(=O)c3ccccc3)cc2)c1. The van der Waals surface area contributed by atoms with Gasteiger partial charge in [0.1, 0.15) is 0 Å². The van der Waals surface area contributed by atoms with Gasteiger partial charge < -0.3 is 10.6 Å². The minimum absolute atomic E-state index is 0.133. The van der Waals surface area contributed by atoms with Crippen molar-refractivity contribution in [2.45, 2.75) is 24.1 Å². The largest absolute Gasteiger partial charge is 0.352 e. The van der Waals surface area contributed by atoms with Crippen LogP contribution in [0.15, 0.2) is 83.8 Å². The van der Waals surface area contributed by atoms with Gasteiger partial charge in [0.25, 0.3) is 11.8 Å². The fourth-order valence-corrected chi connectivity index (χ4v) is 4.42. The Kier molecular flexibility index (Phi) is 7.20. The normalized spacial score (nSPS) is 11.0. The van der Waals surface area contributed by atoms with Crippen LogP contribution in [0.4, 0.5) is 0 Å². The monoisotopic (exact) mass is 436 g/mol. The molecule has 0 bridgehead atoms. The van der Waals surface area contributed by atoms with E-state index in [-0.39, 0.29) is 29.0 Å². The summed E-state index contributed by atoms with van der Waals surface area (Å²) in [6.07, 6.45) is 0. The second-order valence-electron chi connectivity index (χ2n) is 7.01. The Morgan fingerprint density at radius 2 is 1.42 bits per heavy atom. The zero-order valence-electron chi connectivity index (χ0n) is 17.2. The Balaban J connectivity index is 1.61. The van der Waals surface area contributed by atoms with Crippen LogP contribution in [0.3, 0.4) is 0 Å². The topological polar surface area (TPSA) is 92.3 Å². The number of nitrogens with one attached hydrogen (secondary N) is 2. The highest BCUT2D eigenvalue weighted by Crippen LogP contribution is 2.16. The Labute approximate surface area is 182 Å². The van der Waals surface area contributed by atoms with E-state index in [4.69, 9.17) is 0 Å². The van der Waals surface area contributed by atoms with E-state index >= 15 is 0 Å². The number of hydrogen-bond acceptors (Lipinski definition) is 4. The Morgan fingerprint density at radius 3 is 2.10 bits per heavy atom. The molecule has 0 aliphatic rings. The lowest BCUT2D eigenvalue weighted by atomic mass is 10.1. The first-order valence-electron chi connectivity index (χ1n) is 9.91. The molecule has 7 heteroatoms. The summed E-state index contributed by atoms with van der Waals surface area (Å²) < 4.78 is 25.0. The van der Waals surface area contributed by atoms with E-state index < -0.39 is 9.84 Å². The van der Waals surface area contributed by atoms with Gasteiger partial charge in [0.05, 0.1) is 10.6 Å². The van der Waals surface area contributed by atoms with Crippen molar-refractivity contribution in [2.75, 3.05) is 6.54 Å². The highest BCUT2D eigenvalue weighted by molar-refractivity contribution is 7.90. The molecule has 0 aliphatic heterocycles. The molecule has 0 aliphatic carbocycles. The van der Waals surface area contributed by atoms with Crippen molar-refractivity contribution >= 4 is 21.7 Å². The lowest BCUT2D eigenvalue weighted by molar-refractivity contribution is 0.0947. The van der Waals surface area contributed by atoms with E-state index in [1.54, 1.807) is 72.8 Å². The van der Waals surface area contributed by atoms with E-state index in [9.17, 15) is 18.0 Å². The predicted octanol–water partition coefficient (Wildman–Crippen LogP) is 3.34. The van der Waals surface area contributed by atoms with E-state index in [0.717, 1.165) is 5.56 Å². The zero-order chi connectivity index (χ0) is 22.3. The van der Waals surface area contributed by atoms with Gasteiger partial charge in [-0.2, -0.15) is 0 Å². The second-order valence-corrected chi connectivity index (χ2v) is 9.00. The van der Waals surface area contributed by atoms with E-state index in [2.05, 4.69) is 10.6 Å². The maximum atomic E-state index is 12.5. The lowest BCUT2D eigenvalue weighted by Gasteiger charge is -2.09. The Morgan fingerprint density at radius 1 is 0.742 bits per heavy atom. The fraction of sp³-hybridized carbons (Fsp3) is 0.167. The number of rotatable bonds is 8. The molecule has 0 aromatic heterocycles. The highest BCUT2D eigenvalue weighted by Gasteiger charge is 2.15. The lowest BCUT2D eigenvalue weighted by Crippen LogP contribution is -2.24. The van der Waals surface area contributed by atoms with E-state index in [1.165, 1.54) is 0 Å². The van der Waals surface area contributed by atoms with Crippen molar-refractivity contribution in [3.63, 3.8) is 0 Å². The number of benzene rings is 3. The van der Waals surface area contributed by atoms with Gasteiger partial charge in [0.2, 0.25) is 0 Å². The van der Waals surface area contributed by atoms with Crippen LogP contribution in [-0.2, 0) is 22.1 Å². The molecule has 0 atom stereocenters. The van der Waals surface area contributed by atoms with E-state index in [1.807, 2.05) is 13.0 Å². The summed E-state index contributed by atoms with van der Waals surface area (Å²) in [5.74, 6) is -0.566. The average Bonchev–Trinajstić information content (AvgIpc) is 2.79. The predicted molar refractivity (Wildman–Crippen MR) is 119 cm³/mol. The number of carbonyl (C=O) groups is 2. The average molecular weight is 437 g/mol. The van der Waals surface area contributed by atoms with Gasteiger partial charge in [-0.25, -0.2) is 8.42 Å². The van der Waals surface area contributed by atoms with Crippen LogP contribution in [0.5, 0.6) is 0 Å². The van der Waals surface area contributed by atoms with Gasteiger partial charge in [-0.3, -0.25) is 9.59 Å². The molecule has 0 radical (unpaired) electrons. The molecule has 160 valence electrons. The standard InChI is InChI=1S/C24H24N2O4S/c1-2-25-24(28)21-8-6-7-19(15-21)16-26-23(27)20-13-11-18(12-14-20)17-31(29,30)22-9-4-3-5-10-22/h3-15H,2,16-17H2,1H3,(H,25,28)(H,26,27). The van der Waals surface area contributed by atoms with Crippen LogP contribution in [-0.4, -0.2) is 26.8 Å². The number of amides is 2. The molecule has 2 amide bonds. The molecule has 3 aromatic rings. The molecular weight excluding hydrogens is 412 g/mol. The molecular formula is C24H24N2O4S. The molecule has 0 fully saturated rings. The molecule has 31 heavy (non-hydrogen) atoms. The maximum absolute atomic E-state index is 12.5. The molecule has 3 rings (SSSR count). The van der Waals surface area contributed by atoms with Crippen molar-refractivity contribution < 1.29 is 18.0 Å². The first-order chi connectivity index (χ1) is 14.9. The molecule has 0 saturated carbocycles. The van der Waals surface area contributed by atoms with Crippen molar-refractivity contribution in [3.8, 4) is 0 Å². The molecule has 0 saturated heterocycles. The van der Waals surface area contributed by atoms with Crippen LogP contribution >= 0.6 is 0 Å². The maximum Gasteiger partial charge on any atom is 0.251 e.